The Balaban J connectivity index is 2.69. The molecule has 0 spiro atoms. The minimum absolute atomic E-state index is 0.149. The summed E-state index contributed by atoms with van der Waals surface area (Å²) in [4.78, 5) is 10.4. The van der Waals surface area contributed by atoms with Crippen LogP contribution in [-0.4, -0.2) is 30.9 Å². The number of benzene rings is 1. The molecular weight excluding hydrogens is 251 g/mol. The molecule has 0 heterocycles. The van der Waals surface area contributed by atoms with Crippen molar-refractivity contribution in [1.82, 2.24) is 0 Å². The molecule has 104 valence electrons. The van der Waals surface area contributed by atoms with E-state index in [9.17, 15) is 9.18 Å². The van der Waals surface area contributed by atoms with Crippen LogP contribution in [0.4, 0.5) is 4.39 Å². The first-order valence-electron chi connectivity index (χ1n) is 5.89. The maximum Gasteiger partial charge on any atom is 0.328 e. The zero-order valence-electron chi connectivity index (χ0n) is 10.9. The summed E-state index contributed by atoms with van der Waals surface area (Å²) in [6.07, 6.45) is 2.78. The highest BCUT2D eigenvalue weighted by atomic mass is 19.1. The molecule has 0 aliphatic rings. The number of hydrogen-bond acceptors (Lipinski definition) is 3. The topological polar surface area (TPSA) is 55.8 Å². The third-order valence-electron chi connectivity index (χ3n) is 2.43. The summed E-state index contributed by atoms with van der Waals surface area (Å²) < 4.78 is 24.1. The maximum atomic E-state index is 13.7. The molecule has 0 saturated carbocycles. The van der Waals surface area contributed by atoms with Gasteiger partial charge in [-0.1, -0.05) is 6.07 Å². The normalized spacial score (nSPS) is 12.6. The largest absolute Gasteiger partial charge is 0.488 e. The van der Waals surface area contributed by atoms with Crippen LogP contribution in [0, 0.1) is 5.82 Å². The summed E-state index contributed by atoms with van der Waals surface area (Å²) in [5.41, 5.74) is 0.469. The molecule has 0 bridgehead atoms. The monoisotopic (exact) mass is 268 g/mol. The number of carboxylic acids is 1. The second kappa shape index (κ2) is 7.53. The summed E-state index contributed by atoms with van der Waals surface area (Å²) in [5.74, 6) is -1.44. The van der Waals surface area contributed by atoms with Gasteiger partial charge in [-0.25, -0.2) is 9.18 Å². The Morgan fingerprint density at radius 3 is 2.84 bits per heavy atom. The van der Waals surface area contributed by atoms with Gasteiger partial charge < -0.3 is 14.6 Å². The zero-order chi connectivity index (χ0) is 14.3. The molecule has 19 heavy (non-hydrogen) atoms. The highest BCUT2D eigenvalue weighted by molar-refractivity contribution is 5.85. The third-order valence-corrected chi connectivity index (χ3v) is 2.43. The van der Waals surface area contributed by atoms with Crippen LogP contribution in [0.25, 0.3) is 6.08 Å². The van der Waals surface area contributed by atoms with Gasteiger partial charge in [0.05, 0.1) is 6.10 Å². The fourth-order valence-corrected chi connectivity index (χ4v) is 1.44. The van der Waals surface area contributed by atoms with E-state index >= 15 is 0 Å². The lowest BCUT2D eigenvalue weighted by Gasteiger charge is -2.14. The molecule has 4 nitrogen and oxygen atoms in total. The van der Waals surface area contributed by atoms with E-state index in [2.05, 4.69) is 0 Å². The lowest BCUT2D eigenvalue weighted by Crippen LogP contribution is -2.14. The number of halogens is 1. The summed E-state index contributed by atoms with van der Waals surface area (Å²) in [6.45, 7) is 2.37. The van der Waals surface area contributed by atoms with Crippen molar-refractivity contribution in [3.63, 3.8) is 0 Å². The molecule has 0 aromatic heterocycles. The smallest absolute Gasteiger partial charge is 0.328 e. The quantitative estimate of drug-likeness (QED) is 0.772. The molecule has 0 fully saturated rings. The molecule has 1 aromatic carbocycles. The predicted octanol–water partition coefficient (Wildman–Crippen LogP) is 2.73. The molecule has 1 unspecified atom stereocenters. The van der Waals surface area contributed by atoms with E-state index in [0.29, 0.717) is 18.6 Å². The van der Waals surface area contributed by atoms with Crippen LogP contribution in [0.2, 0.25) is 0 Å². The van der Waals surface area contributed by atoms with Gasteiger partial charge in [0.15, 0.2) is 11.6 Å². The van der Waals surface area contributed by atoms with Gasteiger partial charge >= 0.3 is 5.97 Å². The molecule has 1 aromatic rings. The van der Waals surface area contributed by atoms with Gasteiger partial charge in [-0.2, -0.15) is 0 Å². The highest BCUT2D eigenvalue weighted by Crippen LogP contribution is 2.21. The Bertz CT molecular complexity index is 457. The van der Waals surface area contributed by atoms with Crippen LogP contribution in [0.15, 0.2) is 24.3 Å². The van der Waals surface area contributed by atoms with Crippen molar-refractivity contribution in [2.24, 2.45) is 0 Å². The number of rotatable bonds is 7. The zero-order valence-corrected chi connectivity index (χ0v) is 10.9. The van der Waals surface area contributed by atoms with Crippen molar-refractivity contribution in [3.8, 4) is 5.75 Å². The number of ether oxygens (including phenoxy) is 2. The Hall–Kier alpha value is -1.88. The van der Waals surface area contributed by atoms with Gasteiger partial charge in [0.1, 0.15) is 0 Å². The Labute approximate surface area is 111 Å². The van der Waals surface area contributed by atoms with Gasteiger partial charge in [-0.05, 0) is 30.7 Å². The van der Waals surface area contributed by atoms with Crippen LogP contribution in [-0.2, 0) is 9.53 Å². The Kier molecular flexibility index (Phi) is 6.02. The number of carbonyl (C=O) groups is 1. The summed E-state index contributed by atoms with van der Waals surface area (Å²) in [6, 6.07) is 4.32. The van der Waals surface area contributed by atoms with Crippen molar-refractivity contribution in [3.05, 3.63) is 35.7 Å². The molecule has 0 aliphatic carbocycles. The second-order valence-corrected chi connectivity index (χ2v) is 4.07. The van der Waals surface area contributed by atoms with E-state index in [1.165, 1.54) is 18.2 Å². The molecule has 5 heteroatoms. The van der Waals surface area contributed by atoms with Gasteiger partial charge in [0.2, 0.25) is 0 Å². The number of hydrogen-bond donors (Lipinski definition) is 1. The summed E-state index contributed by atoms with van der Waals surface area (Å²) in [5, 5.41) is 8.48. The standard InChI is InChI=1S/C14H17FO4/c1-10(7-8-18-2)19-13-5-3-11(9-12(13)15)4-6-14(16)17/h3-6,9-10H,7-8H2,1-2H3,(H,16,17)/b6-4+. The van der Waals surface area contributed by atoms with Gasteiger partial charge in [0.25, 0.3) is 0 Å². The fraction of sp³-hybridized carbons (Fsp3) is 0.357. The summed E-state index contributed by atoms with van der Waals surface area (Å²) >= 11 is 0. The van der Waals surface area contributed by atoms with Crippen LogP contribution in [0.3, 0.4) is 0 Å². The van der Waals surface area contributed by atoms with E-state index < -0.39 is 11.8 Å². The first-order chi connectivity index (χ1) is 9.02. The molecule has 1 rings (SSSR count). The average molecular weight is 268 g/mol. The van der Waals surface area contributed by atoms with Crippen molar-refractivity contribution in [2.45, 2.75) is 19.4 Å². The summed E-state index contributed by atoms with van der Waals surface area (Å²) in [7, 11) is 1.59. The Morgan fingerprint density at radius 2 is 2.26 bits per heavy atom. The molecule has 0 radical (unpaired) electrons. The van der Waals surface area contributed by atoms with Crippen molar-refractivity contribution in [1.29, 1.82) is 0 Å². The van der Waals surface area contributed by atoms with E-state index in [1.54, 1.807) is 13.2 Å². The lowest BCUT2D eigenvalue weighted by molar-refractivity contribution is -0.131. The highest BCUT2D eigenvalue weighted by Gasteiger charge is 2.08. The third kappa shape index (κ3) is 5.52. The van der Waals surface area contributed by atoms with Crippen molar-refractivity contribution >= 4 is 12.0 Å². The molecule has 0 saturated heterocycles. The van der Waals surface area contributed by atoms with Crippen molar-refractivity contribution in [2.75, 3.05) is 13.7 Å². The number of carboxylic acid groups (broad SMARTS) is 1. The van der Waals surface area contributed by atoms with Gasteiger partial charge in [-0.3, -0.25) is 0 Å². The van der Waals surface area contributed by atoms with Crippen molar-refractivity contribution < 1.29 is 23.8 Å². The van der Waals surface area contributed by atoms with Crippen LogP contribution in [0.5, 0.6) is 5.75 Å². The fourth-order valence-electron chi connectivity index (χ4n) is 1.44. The van der Waals surface area contributed by atoms with Crippen LogP contribution >= 0.6 is 0 Å². The van der Waals surface area contributed by atoms with E-state index in [0.717, 1.165) is 6.08 Å². The van der Waals surface area contributed by atoms with Gasteiger partial charge in [0, 0.05) is 26.2 Å². The first kappa shape index (κ1) is 15.2. The minimum Gasteiger partial charge on any atom is -0.488 e. The SMILES string of the molecule is COCCC(C)Oc1ccc(/C=C/C(=O)O)cc1F. The molecule has 1 atom stereocenters. The van der Waals surface area contributed by atoms with Crippen LogP contribution < -0.4 is 4.74 Å². The molecule has 1 N–H and O–H groups in total. The number of methoxy groups -OCH3 is 1. The first-order valence-corrected chi connectivity index (χ1v) is 5.89. The average Bonchev–Trinajstić information content (AvgIpc) is 2.36. The molecule has 0 aliphatic heterocycles. The maximum absolute atomic E-state index is 13.7. The molecular formula is C14H17FO4. The predicted molar refractivity (Wildman–Crippen MR) is 69.7 cm³/mol. The lowest BCUT2D eigenvalue weighted by atomic mass is 10.2. The second-order valence-electron chi connectivity index (χ2n) is 4.07. The molecule has 0 amide bonds. The number of aliphatic carboxylic acids is 1. The van der Waals surface area contributed by atoms with Gasteiger partial charge in [-0.15, -0.1) is 0 Å². The Morgan fingerprint density at radius 1 is 1.53 bits per heavy atom. The van der Waals surface area contributed by atoms with Crippen LogP contribution in [0.1, 0.15) is 18.9 Å². The van der Waals surface area contributed by atoms with E-state index in [4.69, 9.17) is 14.6 Å². The van der Waals surface area contributed by atoms with E-state index in [1.807, 2.05) is 6.92 Å². The minimum atomic E-state index is -1.08. The van der Waals surface area contributed by atoms with E-state index in [-0.39, 0.29) is 11.9 Å².